The van der Waals surface area contributed by atoms with Crippen LogP contribution in [0.3, 0.4) is 0 Å². The number of thioether (sulfide) groups is 1. The van der Waals surface area contributed by atoms with E-state index in [4.69, 9.17) is 11.1 Å². The van der Waals surface area contributed by atoms with Crippen LogP contribution in [0.2, 0.25) is 0 Å². The molecule has 1 aromatic rings. The Hall–Kier alpha value is -0.740. The monoisotopic (exact) mass is 284 g/mol. The first-order chi connectivity index (χ1) is 7.09. The summed E-state index contributed by atoms with van der Waals surface area (Å²) in [5.41, 5.74) is 7.64. The van der Waals surface area contributed by atoms with E-state index in [0.29, 0.717) is 0 Å². The second-order valence-electron chi connectivity index (χ2n) is 3.07. The van der Waals surface area contributed by atoms with Crippen molar-refractivity contribution in [2.24, 2.45) is 5.73 Å². The molecule has 0 fully saturated rings. The summed E-state index contributed by atoms with van der Waals surface area (Å²) in [5, 5.41) is 7.24. The highest BCUT2D eigenvalue weighted by molar-refractivity contribution is 9.10. The normalized spacial score (nSPS) is 11.5. The number of benzene rings is 1. The summed E-state index contributed by atoms with van der Waals surface area (Å²) in [6.45, 7) is 2.06. The second-order valence-corrected chi connectivity index (χ2v) is 5.05. The first-order valence-corrected chi connectivity index (χ1v) is 6.27. The van der Waals surface area contributed by atoms with E-state index in [2.05, 4.69) is 41.1 Å². The van der Waals surface area contributed by atoms with Crippen molar-refractivity contribution < 1.29 is 0 Å². The molecule has 4 heteroatoms. The van der Waals surface area contributed by atoms with Gasteiger partial charge in [0.05, 0.1) is 0 Å². The number of allylic oxidation sites excluding steroid dienone is 1. The molecule has 0 heterocycles. The third-order valence-corrected chi connectivity index (χ3v) is 3.05. The number of nitrogens with one attached hydrogen (secondary N) is 1. The maximum atomic E-state index is 7.08. The van der Waals surface area contributed by atoms with Gasteiger partial charge in [-0.25, -0.2) is 0 Å². The van der Waals surface area contributed by atoms with Crippen LogP contribution >= 0.6 is 27.7 Å². The number of amidine groups is 1. The van der Waals surface area contributed by atoms with E-state index in [1.165, 1.54) is 22.9 Å². The lowest BCUT2D eigenvalue weighted by Gasteiger charge is -2.02. The summed E-state index contributed by atoms with van der Waals surface area (Å²) < 4.78 is 1.08. The topological polar surface area (TPSA) is 49.9 Å². The van der Waals surface area contributed by atoms with Crippen molar-refractivity contribution >= 4 is 38.4 Å². The molecule has 1 rings (SSSR count). The molecule has 1 aromatic carbocycles. The molecule has 0 spiro atoms. The van der Waals surface area contributed by atoms with Crippen LogP contribution in [0.25, 0.3) is 5.57 Å². The molecular weight excluding hydrogens is 272 g/mol. The van der Waals surface area contributed by atoms with Crippen LogP contribution in [0.5, 0.6) is 0 Å². The number of halogens is 1. The Morgan fingerprint density at radius 2 is 2.33 bits per heavy atom. The van der Waals surface area contributed by atoms with Crippen LogP contribution in [0.1, 0.15) is 12.5 Å². The van der Waals surface area contributed by atoms with Crippen LogP contribution in [0.4, 0.5) is 0 Å². The number of hydrogen-bond donors (Lipinski definition) is 2. The average molecular weight is 285 g/mol. The predicted octanol–water partition coefficient (Wildman–Crippen LogP) is 3.48. The SMILES string of the molecule is C/C(=C/CSC(=N)N)c1cccc(Br)c1. The van der Waals surface area contributed by atoms with Crippen molar-refractivity contribution in [2.45, 2.75) is 6.92 Å². The fraction of sp³-hybridized carbons (Fsp3) is 0.182. The van der Waals surface area contributed by atoms with E-state index in [1.807, 2.05) is 12.1 Å². The van der Waals surface area contributed by atoms with Gasteiger partial charge in [-0.2, -0.15) is 0 Å². The summed E-state index contributed by atoms with van der Waals surface area (Å²) in [6.07, 6.45) is 2.08. The first-order valence-electron chi connectivity index (χ1n) is 4.49. The molecule has 3 N–H and O–H groups in total. The quantitative estimate of drug-likeness (QED) is 0.660. The zero-order chi connectivity index (χ0) is 11.3. The summed E-state index contributed by atoms with van der Waals surface area (Å²) in [6, 6.07) is 8.15. The number of nitrogens with two attached hydrogens (primary N) is 1. The minimum absolute atomic E-state index is 0.160. The fourth-order valence-corrected chi connectivity index (χ4v) is 2.02. The van der Waals surface area contributed by atoms with E-state index in [0.717, 1.165) is 10.2 Å². The summed E-state index contributed by atoms with van der Waals surface area (Å²) >= 11 is 4.77. The molecule has 15 heavy (non-hydrogen) atoms. The molecule has 0 aromatic heterocycles. The Labute approximate surface area is 103 Å². The molecule has 0 aliphatic rings. The highest BCUT2D eigenvalue weighted by Crippen LogP contribution is 2.19. The molecule has 80 valence electrons. The lowest BCUT2D eigenvalue weighted by Crippen LogP contribution is -2.03. The van der Waals surface area contributed by atoms with Gasteiger partial charge in [-0.3, -0.25) is 5.41 Å². The van der Waals surface area contributed by atoms with Crippen molar-refractivity contribution in [3.63, 3.8) is 0 Å². The highest BCUT2D eigenvalue weighted by Gasteiger charge is 1.96. The molecule has 0 unspecified atom stereocenters. The lowest BCUT2D eigenvalue weighted by atomic mass is 10.1. The van der Waals surface area contributed by atoms with E-state index in [9.17, 15) is 0 Å². The van der Waals surface area contributed by atoms with Crippen molar-refractivity contribution in [2.75, 3.05) is 5.75 Å². The molecule has 0 radical (unpaired) electrons. The average Bonchev–Trinajstić information content (AvgIpc) is 2.17. The summed E-state index contributed by atoms with van der Waals surface area (Å²) in [4.78, 5) is 0. The number of rotatable bonds is 3. The van der Waals surface area contributed by atoms with Gasteiger partial charge in [0.2, 0.25) is 0 Å². The second kappa shape index (κ2) is 5.98. The van der Waals surface area contributed by atoms with Gasteiger partial charge in [-0.15, -0.1) is 0 Å². The van der Waals surface area contributed by atoms with Gasteiger partial charge in [0.25, 0.3) is 0 Å². The van der Waals surface area contributed by atoms with Gasteiger partial charge in [0, 0.05) is 10.2 Å². The molecule has 0 aliphatic heterocycles. The molecule has 0 saturated carbocycles. The molecule has 0 atom stereocenters. The van der Waals surface area contributed by atoms with Crippen molar-refractivity contribution in [1.82, 2.24) is 0 Å². The van der Waals surface area contributed by atoms with Crippen molar-refractivity contribution in [3.8, 4) is 0 Å². The van der Waals surface area contributed by atoms with Gasteiger partial charge in [-0.1, -0.05) is 45.9 Å². The van der Waals surface area contributed by atoms with Gasteiger partial charge in [0.15, 0.2) is 5.17 Å². The Kier molecular flexibility index (Phi) is 4.91. The third-order valence-electron chi connectivity index (χ3n) is 1.91. The Balaban J connectivity index is 2.67. The van der Waals surface area contributed by atoms with E-state index < -0.39 is 0 Å². The van der Waals surface area contributed by atoms with Gasteiger partial charge < -0.3 is 5.73 Å². The molecular formula is C11H13BrN2S. The van der Waals surface area contributed by atoms with Crippen LogP contribution < -0.4 is 5.73 Å². The molecule has 0 amide bonds. The van der Waals surface area contributed by atoms with Crippen LogP contribution in [0.15, 0.2) is 34.8 Å². The van der Waals surface area contributed by atoms with E-state index in [1.54, 1.807) is 0 Å². The molecule has 0 aliphatic carbocycles. The minimum Gasteiger partial charge on any atom is -0.379 e. The number of hydrogen-bond acceptors (Lipinski definition) is 2. The van der Waals surface area contributed by atoms with Gasteiger partial charge in [-0.05, 0) is 30.2 Å². The van der Waals surface area contributed by atoms with Crippen molar-refractivity contribution in [1.29, 1.82) is 5.41 Å². The molecule has 0 saturated heterocycles. The molecule has 0 bridgehead atoms. The highest BCUT2D eigenvalue weighted by atomic mass is 79.9. The summed E-state index contributed by atoms with van der Waals surface area (Å²) in [5.74, 6) is 0.744. The lowest BCUT2D eigenvalue weighted by molar-refractivity contribution is 1.50. The van der Waals surface area contributed by atoms with E-state index >= 15 is 0 Å². The maximum Gasteiger partial charge on any atom is 0.151 e. The van der Waals surface area contributed by atoms with Crippen molar-refractivity contribution in [3.05, 3.63) is 40.4 Å². The largest absolute Gasteiger partial charge is 0.379 e. The predicted molar refractivity (Wildman–Crippen MR) is 72.2 cm³/mol. The third kappa shape index (κ3) is 4.53. The van der Waals surface area contributed by atoms with E-state index in [-0.39, 0.29) is 5.17 Å². The summed E-state index contributed by atoms with van der Waals surface area (Å²) in [7, 11) is 0. The Morgan fingerprint density at radius 1 is 1.60 bits per heavy atom. The minimum atomic E-state index is 0.160. The standard InChI is InChI=1S/C11H13BrN2S/c1-8(5-6-15-11(13)14)9-3-2-4-10(12)7-9/h2-5,7H,6H2,1H3,(H3,13,14)/b8-5-. The first kappa shape index (κ1) is 12.3. The molecule has 2 nitrogen and oxygen atoms in total. The van der Waals surface area contributed by atoms with Gasteiger partial charge in [0.1, 0.15) is 0 Å². The van der Waals surface area contributed by atoms with Crippen LogP contribution in [-0.4, -0.2) is 10.9 Å². The Bertz CT molecular complexity index is 388. The zero-order valence-corrected chi connectivity index (χ0v) is 10.9. The fourth-order valence-electron chi connectivity index (χ4n) is 1.11. The maximum absolute atomic E-state index is 7.08. The van der Waals surface area contributed by atoms with Crippen LogP contribution in [-0.2, 0) is 0 Å². The van der Waals surface area contributed by atoms with Crippen LogP contribution in [0, 0.1) is 5.41 Å². The Morgan fingerprint density at radius 3 is 2.93 bits per heavy atom. The van der Waals surface area contributed by atoms with Gasteiger partial charge >= 0.3 is 0 Å². The smallest absolute Gasteiger partial charge is 0.151 e. The zero-order valence-electron chi connectivity index (χ0n) is 8.46.